The molecule has 0 nitrogen and oxygen atoms in total. The van der Waals surface area contributed by atoms with Gasteiger partial charge in [-0.2, -0.15) is 0 Å². The van der Waals surface area contributed by atoms with Gasteiger partial charge in [-0.1, -0.05) is 49.1 Å². The van der Waals surface area contributed by atoms with Crippen molar-refractivity contribution in [3.63, 3.8) is 0 Å². The zero-order chi connectivity index (χ0) is 7.11. The van der Waals surface area contributed by atoms with Gasteiger partial charge in [0.15, 0.2) is 0 Å². The molecule has 0 radical (unpaired) electrons. The first kappa shape index (κ1) is 7.96. The largest absolute Gasteiger partial charge is 0.0991 e. The van der Waals surface area contributed by atoms with Gasteiger partial charge in [-0.3, -0.25) is 0 Å². The summed E-state index contributed by atoms with van der Waals surface area (Å²) in [5, 5.41) is 0. The molecule has 0 aliphatic carbocycles. The van der Waals surface area contributed by atoms with E-state index >= 15 is 0 Å². The minimum Gasteiger partial charge on any atom is -0.0991 e. The first-order valence-electron chi connectivity index (χ1n) is 2.89. The highest BCUT2D eigenvalue weighted by Gasteiger charge is 1.70. The summed E-state index contributed by atoms with van der Waals surface area (Å²) in [5.74, 6) is 0. The molecule has 0 spiro atoms. The number of hydrogen-bond acceptors (Lipinski definition) is 0. The van der Waals surface area contributed by atoms with Crippen LogP contribution in [0.15, 0.2) is 49.1 Å². The average Bonchev–Trinajstić information content (AvgIpc) is 1.89. The van der Waals surface area contributed by atoms with Gasteiger partial charge in [0, 0.05) is 0 Å². The van der Waals surface area contributed by atoms with Gasteiger partial charge in [0.05, 0.1) is 0 Å². The summed E-state index contributed by atoms with van der Waals surface area (Å²) in [6.45, 7) is 9.15. The van der Waals surface area contributed by atoms with E-state index in [0.717, 1.165) is 5.57 Å². The lowest BCUT2D eigenvalue weighted by Gasteiger charge is -1.81. The van der Waals surface area contributed by atoms with Crippen LogP contribution in [0.1, 0.15) is 6.92 Å². The Morgan fingerprint density at radius 1 is 1.22 bits per heavy atom. The number of allylic oxidation sites excluding steroid dienone is 6. The maximum atomic E-state index is 3.61. The van der Waals surface area contributed by atoms with Gasteiger partial charge in [0.25, 0.3) is 0 Å². The lowest BCUT2D eigenvalue weighted by Crippen LogP contribution is -1.60. The summed E-state index contributed by atoms with van der Waals surface area (Å²) in [7, 11) is 0. The highest BCUT2D eigenvalue weighted by atomic mass is 13.8. The van der Waals surface area contributed by atoms with Crippen molar-refractivity contribution in [1.82, 2.24) is 0 Å². The molecule has 0 amide bonds. The van der Waals surface area contributed by atoms with E-state index in [1.807, 2.05) is 31.2 Å². The molecule has 0 bridgehead atoms. The molecule has 0 saturated carbocycles. The van der Waals surface area contributed by atoms with Crippen molar-refractivity contribution in [1.29, 1.82) is 0 Å². The van der Waals surface area contributed by atoms with Crippen molar-refractivity contribution in [3.8, 4) is 0 Å². The van der Waals surface area contributed by atoms with Gasteiger partial charge in [0.2, 0.25) is 0 Å². The zero-order valence-electron chi connectivity index (χ0n) is 5.80. The van der Waals surface area contributed by atoms with Gasteiger partial charge in [-0.05, 0) is 6.92 Å². The van der Waals surface area contributed by atoms with Crippen molar-refractivity contribution in [3.05, 3.63) is 49.1 Å². The molecule has 0 aromatic rings. The van der Waals surface area contributed by atoms with Gasteiger partial charge in [0.1, 0.15) is 0 Å². The second kappa shape index (κ2) is 5.10. The fourth-order valence-electron chi connectivity index (χ4n) is 0.354. The normalized spacial score (nSPS) is 11.9. The molecule has 0 rings (SSSR count). The molecule has 0 heterocycles. The Bertz CT molecular complexity index is 147. The van der Waals surface area contributed by atoms with E-state index in [0.29, 0.717) is 0 Å². The van der Waals surface area contributed by atoms with E-state index in [9.17, 15) is 0 Å². The molecule has 0 unspecified atom stereocenters. The van der Waals surface area contributed by atoms with Crippen molar-refractivity contribution < 1.29 is 0 Å². The maximum absolute atomic E-state index is 3.61. The number of rotatable bonds is 3. The van der Waals surface area contributed by atoms with E-state index in [4.69, 9.17) is 0 Å². The lowest BCUT2D eigenvalue weighted by atomic mass is 10.3. The SMILES string of the molecule is C=C/C=C\C=C(\C)C=C. The second-order valence-corrected chi connectivity index (χ2v) is 1.74. The zero-order valence-corrected chi connectivity index (χ0v) is 5.80. The molecule has 0 N–H and O–H groups in total. The van der Waals surface area contributed by atoms with E-state index in [1.165, 1.54) is 0 Å². The Kier molecular flexibility index (Phi) is 4.51. The first-order chi connectivity index (χ1) is 4.31. The Labute approximate surface area is 56.9 Å². The fraction of sp³-hybridized carbons (Fsp3) is 0.111. The second-order valence-electron chi connectivity index (χ2n) is 1.74. The van der Waals surface area contributed by atoms with E-state index in [2.05, 4.69) is 13.2 Å². The maximum Gasteiger partial charge on any atom is -0.0398 e. The highest BCUT2D eigenvalue weighted by Crippen LogP contribution is 1.91. The smallest absolute Gasteiger partial charge is 0.0398 e. The van der Waals surface area contributed by atoms with E-state index in [-0.39, 0.29) is 0 Å². The molecule has 0 fully saturated rings. The van der Waals surface area contributed by atoms with Crippen LogP contribution < -0.4 is 0 Å². The van der Waals surface area contributed by atoms with Crippen LogP contribution in [-0.2, 0) is 0 Å². The monoisotopic (exact) mass is 120 g/mol. The van der Waals surface area contributed by atoms with Crippen molar-refractivity contribution in [2.24, 2.45) is 0 Å². The summed E-state index contributed by atoms with van der Waals surface area (Å²) in [5.41, 5.74) is 1.16. The lowest BCUT2D eigenvalue weighted by molar-refractivity contribution is 1.54. The van der Waals surface area contributed by atoms with Crippen LogP contribution in [0, 0.1) is 0 Å². The Hall–Kier alpha value is -1.04. The van der Waals surface area contributed by atoms with E-state index in [1.54, 1.807) is 6.08 Å². The molecule has 0 saturated heterocycles. The first-order valence-corrected chi connectivity index (χ1v) is 2.89. The van der Waals surface area contributed by atoms with E-state index < -0.39 is 0 Å². The van der Waals surface area contributed by atoms with Crippen molar-refractivity contribution in [2.45, 2.75) is 6.92 Å². The van der Waals surface area contributed by atoms with Crippen LogP contribution in [0.4, 0.5) is 0 Å². The van der Waals surface area contributed by atoms with Crippen LogP contribution >= 0.6 is 0 Å². The molecule has 0 aliphatic rings. The predicted molar refractivity (Wildman–Crippen MR) is 43.3 cm³/mol. The molecular formula is C9H12. The topological polar surface area (TPSA) is 0 Å². The predicted octanol–water partition coefficient (Wildman–Crippen LogP) is 2.86. The summed E-state index contributed by atoms with van der Waals surface area (Å²) in [6, 6.07) is 0. The third-order valence-corrected chi connectivity index (χ3v) is 0.928. The van der Waals surface area contributed by atoms with Crippen LogP contribution in [0.3, 0.4) is 0 Å². The van der Waals surface area contributed by atoms with Gasteiger partial charge < -0.3 is 0 Å². The molecule has 0 aromatic heterocycles. The molecule has 48 valence electrons. The summed E-state index contributed by atoms with van der Waals surface area (Å²) in [6.07, 6.45) is 9.35. The molecule has 0 atom stereocenters. The standard InChI is InChI=1S/C9H12/c1-4-6-7-8-9(3)5-2/h4-8H,1-2H2,3H3/b7-6-,9-8-. The third kappa shape index (κ3) is 4.82. The Morgan fingerprint density at radius 3 is 2.33 bits per heavy atom. The third-order valence-electron chi connectivity index (χ3n) is 0.928. The minimum atomic E-state index is 1.16. The number of hydrogen-bond donors (Lipinski definition) is 0. The van der Waals surface area contributed by atoms with Crippen LogP contribution in [-0.4, -0.2) is 0 Å². The molecule has 9 heavy (non-hydrogen) atoms. The minimum absolute atomic E-state index is 1.16. The summed E-state index contributed by atoms with van der Waals surface area (Å²) >= 11 is 0. The van der Waals surface area contributed by atoms with Crippen molar-refractivity contribution in [2.75, 3.05) is 0 Å². The van der Waals surface area contributed by atoms with Crippen LogP contribution in [0.2, 0.25) is 0 Å². The summed E-state index contributed by atoms with van der Waals surface area (Å²) in [4.78, 5) is 0. The molecule has 0 aliphatic heterocycles. The van der Waals surface area contributed by atoms with Gasteiger partial charge in [-0.15, -0.1) is 0 Å². The van der Waals surface area contributed by atoms with Crippen LogP contribution in [0.25, 0.3) is 0 Å². The molecular weight excluding hydrogens is 108 g/mol. The molecule has 0 aromatic carbocycles. The Morgan fingerprint density at radius 2 is 1.89 bits per heavy atom. The average molecular weight is 120 g/mol. The Balaban J connectivity index is 3.81. The van der Waals surface area contributed by atoms with Crippen LogP contribution in [0.5, 0.6) is 0 Å². The van der Waals surface area contributed by atoms with Gasteiger partial charge >= 0.3 is 0 Å². The summed E-state index contributed by atoms with van der Waals surface area (Å²) < 4.78 is 0. The highest BCUT2D eigenvalue weighted by molar-refractivity contribution is 5.21. The van der Waals surface area contributed by atoms with Crippen molar-refractivity contribution >= 4 is 0 Å². The quantitative estimate of drug-likeness (QED) is 0.502. The molecule has 0 heteroatoms. The van der Waals surface area contributed by atoms with Gasteiger partial charge in [-0.25, -0.2) is 0 Å². The fourth-order valence-corrected chi connectivity index (χ4v) is 0.354.